The maximum atomic E-state index is 5.74. The zero-order valence-electron chi connectivity index (χ0n) is 14.0. The highest BCUT2D eigenvalue weighted by atomic mass is 16.5. The largest absolute Gasteiger partial charge is 0.494 e. The van der Waals surface area contributed by atoms with E-state index in [2.05, 4.69) is 68.6 Å². The third-order valence-electron chi connectivity index (χ3n) is 3.66. The third kappa shape index (κ3) is 5.44. The fourth-order valence-electron chi connectivity index (χ4n) is 2.53. The van der Waals surface area contributed by atoms with Gasteiger partial charge in [0.1, 0.15) is 5.75 Å². The van der Waals surface area contributed by atoms with Crippen molar-refractivity contribution in [3.8, 4) is 5.75 Å². The number of anilines is 1. The van der Waals surface area contributed by atoms with Crippen molar-refractivity contribution in [2.45, 2.75) is 46.6 Å². The first kappa shape index (κ1) is 16.4. The van der Waals surface area contributed by atoms with Crippen molar-refractivity contribution in [1.29, 1.82) is 0 Å². The van der Waals surface area contributed by atoms with Crippen LogP contribution in [0.25, 0.3) is 0 Å². The number of aryl methyl sites for hydroxylation is 2. The number of ether oxygens (including phenoxy) is 1. The Bertz CT molecular complexity index is 555. The maximum Gasteiger partial charge on any atom is 0.119 e. The normalized spacial score (nSPS) is 10.5. The molecule has 0 saturated carbocycles. The molecule has 2 aromatic carbocycles. The molecule has 2 aromatic rings. The molecule has 0 amide bonds. The molecule has 0 saturated heterocycles. The van der Waals surface area contributed by atoms with E-state index in [-0.39, 0.29) is 0 Å². The van der Waals surface area contributed by atoms with Crippen molar-refractivity contribution in [3.05, 3.63) is 59.2 Å². The fraction of sp³-hybridized carbons (Fsp3) is 0.400. The lowest BCUT2D eigenvalue weighted by Gasteiger charge is -2.10. The minimum Gasteiger partial charge on any atom is -0.494 e. The summed E-state index contributed by atoms with van der Waals surface area (Å²) < 4.78 is 5.74. The average Bonchev–Trinajstić information content (AvgIpc) is 2.50. The zero-order valence-corrected chi connectivity index (χ0v) is 14.0. The Balaban J connectivity index is 1.83. The summed E-state index contributed by atoms with van der Waals surface area (Å²) in [4.78, 5) is 0. The summed E-state index contributed by atoms with van der Waals surface area (Å²) >= 11 is 0. The molecule has 0 fully saturated rings. The van der Waals surface area contributed by atoms with E-state index in [0.29, 0.717) is 0 Å². The Morgan fingerprint density at radius 2 is 1.59 bits per heavy atom. The number of rotatable bonds is 8. The first-order valence-corrected chi connectivity index (χ1v) is 8.21. The number of nitrogens with one attached hydrogen (secondary N) is 1. The second-order valence-corrected chi connectivity index (χ2v) is 5.93. The van der Waals surface area contributed by atoms with Gasteiger partial charge in [-0.2, -0.15) is 0 Å². The first-order valence-electron chi connectivity index (χ1n) is 8.21. The van der Waals surface area contributed by atoms with Crippen molar-refractivity contribution in [1.82, 2.24) is 0 Å². The van der Waals surface area contributed by atoms with Crippen molar-refractivity contribution in [2.75, 3.05) is 11.9 Å². The van der Waals surface area contributed by atoms with Crippen LogP contribution in [-0.2, 0) is 6.54 Å². The van der Waals surface area contributed by atoms with E-state index >= 15 is 0 Å². The van der Waals surface area contributed by atoms with Crippen LogP contribution < -0.4 is 10.1 Å². The number of unbranched alkanes of at least 4 members (excludes halogenated alkanes) is 2. The monoisotopic (exact) mass is 297 g/mol. The van der Waals surface area contributed by atoms with E-state index in [1.165, 1.54) is 35.2 Å². The summed E-state index contributed by atoms with van der Waals surface area (Å²) in [6.07, 6.45) is 3.59. The summed E-state index contributed by atoms with van der Waals surface area (Å²) in [5, 5.41) is 3.48. The van der Waals surface area contributed by atoms with Crippen LogP contribution in [0.5, 0.6) is 5.75 Å². The minimum absolute atomic E-state index is 0.813. The second-order valence-electron chi connectivity index (χ2n) is 5.93. The van der Waals surface area contributed by atoms with Gasteiger partial charge < -0.3 is 10.1 Å². The van der Waals surface area contributed by atoms with E-state index < -0.39 is 0 Å². The van der Waals surface area contributed by atoms with E-state index in [1.807, 2.05) is 0 Å². The van der Waals surface area contributed by atoms with Gasteiger partial charge in [0.25, 0.3) is 0 Å². The van der Waals surface area contributed by atoms with Crippen LogP contribution in [0.2, 0.25) is 0 Å². The molecular formula is C20H27NO. The summed E-state index contributed by atoms with van der Waals surface area (Å²) in [6, 6.07) is 14.9. The average molecular weight is 297 g/mol. The van der Waals surface area contributed by atoms with E-state index in [9.17, 15) is 0 Å². The Labute approximate surface area is 134 Å². The predicted molar refractivity (Wildman–Crippen MR) is 94.7 cm³/mol. The third-order valence-corrected chi connectivity index (χ3v) is 3.66. The number of hydrogen-bond acceptors (Lipinski definition) is 2. The lowest BCUT2D eigenvalue weighted by Crippen LogP contribution is -2.01. The van der Waals surface area contributed by atoms with Gasteiger partial charge in [-0.25, -0.2) is 0 Å². The molecular weight excluding hydrogens is 270 g/mol. The molecule has 0 aliphatic carbocycles. The number of benzene rings is 2. The summed E-state index contributed by atoms with van der Waals surface area (Å²) in [5.74, 6) is 0.964. The molecule has 2 nitrogen and oxygen atoms in total. The molecule has 0 heterocycles. The molecule has 0 unspecified atom stereocenters. The van der Waals surface area contributed by atoms with Crippen LogP contribution in [0.1, 0.15) is 42.9 Å². The summed E-state index contributed by atoms with van der Waals surface area (Å²) in [6.45, 7) is 8.11. The van der Waals surface area contributed by atoms with Crippen LogP contribution >= 0.6 is 0 Å². The van der Waals surface area contributed by atoms with E-state index in [0.717, 1.165) is 25.3 Å². The highest BCUT2D eigenvalue weighted by Crippen LogP contribution is 2.17. The van der Waals surface area contributed by atoms with Gasteiger partial charge in [-0.1, -0.05) is 38.0 Å². The van der Waals surface area contributed by atoms with Gasteiger partial charge in [0.2, 0.25) is 0 Å². The lowest BCUT2D eigenvalue weighted by molar-refractivity contribution is 0.306. The molecule has 2 rings (SSSR count). The molecule has 118 valence electrons. The zero-order chi connectivity index (χ0) is 15.8. The molecule has 2 heteroatoms. The lowest BCUT2D eigenvalue weighted by atomic mass is 10.1. The summed E-state index contributed by atoms with van der Waals surface area (Å²) in [7, 11) is 0. The first-order chi connectivity index (χ1) is 10.7. The van der Waals surface area contributed by atoms with Crippen LogP contribution in [-0.4, -0.2) is 6.61 Å². The van der Waals surface area contributed by atoms with Gasteiger partial charge in [0, 0.05) is 12.2 Å². The standard InChI is InChI=1S/C20H27NO/c1-4-5-6-11-22-20-9-7-18(8-10-20)15-21-19-13-16(2)12-17(3)14-19/h7-10,12-14,21H,4-6,11,15H2,1-3H3. The number of hydrogen-bond donors (Lipinski definition) is 1. The summed E-state index contributed by atoms with van der Waals surface area (Å²) in [5.41, 5.74) is 5.02. The van der Waals surface area contributed by atoms with Gasteiger partial charge in [-0.15, -0.1) is 0 Å². The Hall–Kier alpha value is -1.96. The van der Waals surface area contributed by atoms with Crippen LogP contribution in [0.4, 0.5) is 5.69 Å². The molecule has 0 aromatic heterocycles. The molecule has 0 atom stereocenters. The molecule has 0 bridgehead atoms. The van der Waals surface area contributed by atoms with Crippen molar-refractivity contribution >= 4 is 5.69 Å². The van der Waals surface area contributed by atoms with Gasteiger partial charge in [0.05, 0.1) is 6.61 Å². The Kier molecular flexibility index (Phi) is 6.32. The van der Waals surface area contributed by atoms with Crippen molar-refractivity contribution in [2.24, 2.45) is 0 Å². The molecule has 0 radical (unpaired) electrons. The Morgan fingerprint density at radius 3 is 2.23 bits per heavy atom. The van der Waals surface area contributed by atoms with Gasteiger partial charge in [0.15, 0.2) is 0 Å². The molecule has 1 N–H and O–H groups in total. The van der Waals surface area contributed by atoms with Gasteiger partial charge in [-0.3, -0.25) is 0 Å². The molecule has 22 heavy (non-hydrogen) atoms. The fourth-order valence-corrected chi connectivity index (χ4v) is 2.53. The maximum absolute atomic E-state index is 5.74. The minimum atomic E-state index is 0.813. The predicted octanol–water partition coefficient (Wildman–Crippen LogP) is 5.48. The molecule has 0 spiro atoms. The van der Waals surface area contributed by atoms with Crippen molar-refractivity contribution in [3.63, 3.8) is 0 Å². The molecule has 0 aliphatic rings. The highest BCUT2D eigenvalue weighted by molar-refractivity contribution is 5.48. The van der Waals surface area contributed by atoms with E-state index in [4.69, 9.17) is 4.74 Å². The smallest absolute Gasteiger partial charge is 0.119 e. The highest BCUT2D eigenvalue weighted by Gasteiger charge is 1.98. The Morgan fingerprint density at radius 1 is 0.909 bits per heavy atom. The quantitative estimate of drug-likeness (QED) is 0.651. The van der Waals surface area contributed by atoms with Crippen molar-refractivity contribution < 1.29 is 4.74 Å². The van der Waals surface area contributed by atoms with Gasteiger partial charge >= 0.3 is 0 Å². The van der Waals surface area contributed by atoms with Gasteiger partial charge in [-0.05, 0) is 61.2 Å². The topological polar surface area (TPSA) is 21.3 Å². The molecule has 0 aliphatic heterocycles. The van der Waals surface area contributed by atoms with Crippen LogP contribution in [0, 0.1) is 13.8 Å². The SMILES string of the molecule is CCCCCOc1ccc(CNc2cc(C)cc(C)c2)cc1. The van der Waals surface area contributed by atoms with Crippen LogP contribution in [0.15, 0.2) is 42.5 Å². The van der Waals surface area contributed by atoms with E-state index in [1.54, 1.807) is 0 Å². The van der Waals surface area contributed by atoms with Crippen LogP contribution in [0.3, 0.4) is 0 Å². The second kappa shape index (κ2) is 8.47.